The van der Waals surface area contributed by atoms with Crippen LogP contribution in [0.25, 0.3) is 0 Å². The fourth-order valence-electron chi connectivity index (χ4n) is 3.79. The lowest BCUT2D eigenvalue weighted by Crippen LogP contribution is -2.51. The molecule has 1 aromatic carbocycles. The summed E-state index contributed by atoms with van der Waals surface area (Å²) in [4.78, 5) is 63.9. The van der Waals surface area contributed by atoms with E-state index in [2.05, 4.69) is 10.6 Å². The van der Waals surface area contributed by atoms with Crippen molar-refractivity contribution in [3.8, 4) is 0 Å². The lowest BCUT2D eigenvalue weighted by atomic mass is 9.95. The second kappa shape index (κ2) is 8.92. The molecule has 1 aromatic rings. The average Bonchev–Trinajstić information content (AvgIpc) is 2.91. The highest BCUT2D eigenvalue weighted by Crippen LogP contribution is 2.45. The number of carbonyl (C=O) groups is 5. The fraction of sp³-hybridized carbons (Fsp3) is 0.458. The third-order valence-electron chi connectivity index (χ3n) is 4.88. The van der Waals surface area contributed by atoms with Crippen LogP contribution in [0, 0.1) is 0 Å². The summed E-state index contributed by atoms with van der Waals surface area (Å²) < 4.78 is 10.7. The van der Waals surface area contributed by atoms with Crippen LogP contribution in [-0.4, -0.2) is 47.0 Å². The number of imide groups is 1. The van der Waals surface area contributed by atoms with Gasteiger partial charge in [0, 0.05) is 11.6 Å². The maximum Gasteiger partial charge on any atom is 0.412 e. The number of amides is 4. The van der Waals surface area contributed by atoms with Gasteiger partial charge in [-0.05, 0) is 59.8 Å². The van der Waals surface area contributed by atoms with Crippen molar-refractivity contribution in [2.24, 2.45) is 0 Å². The largest absolute Gasteiger partial charge is 0.460 e. The van der Waals surface area contributed by atoms with E-state index in [1.807, 2.05) is 0 Å². The van der Waals surface area contributed by atoms with E-state index < -0.39 is 52.9 Å². The first-order chi connectivity index (χ1) is 15.7. The second-order valence-corrected chi connectivity index (χ2v) is 10.1. The molecule has 0 saturated carbocycles. The number of benzene rings is 1. The van der Waals surface area contributed by atoms with Gasteiger partial charge in [-0.2, -0.15) is 0 Å². The SMILES string of the molecule is CC(C)(C)OC(=O)CC1C(=O)N(C2C=CC(=O)NC2=O)c2cccc(NC(=O)OC(C)(C)C)c21. The molecule has 182 valence electrons. The summed E-state index contributed by atoms with van der Waals surface area (Å²) in [5.41, 5.74) is -0.542. The van der Waals surface area contributed by atoms with Crippen LogP contribution in [0.2, 0.25) is 0 Å². The molecule has 2 atom stereocenters. The number of rotatable bonds is 4. The molecule has 10 nitrogen and oxygen atoms in total. The van der Waals surface area contributed by atoms with Gasteiger partial charge in [-0.25, -0.2) is 4.79 Å². The van der Waals surface area contributed by atoms with Crippen LogP contribution in [0.1, 0.15) is 59.4 Å². The molecule has 3 rings (SSSR count). The molecule has 2 unspecified atom stereocenters. The monoisotopic (exact) mass is 471 g/mol. The van der Waals surface area contributed by atoms with Crippen molar-refractivity contribution in [2.45, 2.75) is 71.1 Å². The predicted octanol–water partition coefficient (Wildman–Crippen LogP) is 2.78. The molecule has 0 aliphatic carbocycles. The van der Waals surface area contributed by atoms with E-state index in [0.717, 1.165) is 0 Å². The number of hydrogen-bond acceptors (Lipinski definition) is 7. The first-order valence-corrected chi connectivity index (χ1v) is 10.9. The maximum atomic E-state index is 13.5. The van der Waals surface area contributed by atoms with E-state index in [1.165, 1.54) is 17.1 Å². The number of nitrogens with one attached hydrogen (secondary N) is 2. The van der Waals surface area contributed by atoms with Crippen LogP contribution in [-0.2, 0) is 28.7 Å². The van der Waals surface area contributed by atoms with Gasteiger partial charge < -0.3 is 9.47 Å². The fourth-order valence-corrected chi connectivity index (χ4v) is 3.79. The highest BCUT2D eigenvalue weighted by molar-refractivity contribution is 6.16. The van der Waals surface area contributed by atoms with Crippen LogP contribution in [0.5, 0.6) is 0 Å². The van der Waals surface area contributed by atoms with Crippen LogP contribution >= 0.6 is 0 Å². The van der Waals surface area contributed by atoms with Gasteiger partial charge in [0.1, 0.15) is 17.2 Å². The van der Waals surface area contributed by atoms with Gasteiger partial charge in [0.15, 0.2) is 0 Å². The number of hydrogen-bond donors (Lipinski definition) is 2. The Morgan fingerprint density at radius 3 is 2.26 bits per heavy atom. The van der Waals surface area contributed by atoms with Crippen molar-refractivity contribution >= 4 is 41.2 Å². The quantitative estimate of drug-likeness (QED) is 0.510. The first kappa shape index (κ1) is 24.9. The molecule has 0 fully saturated rings. The lowest BCUT2D eigenvalue weighted by Gasteiger charge is -2.27. The maximum absolute atomic E-state index is 13.5. The van der Waals surface area contributed by atoms with Crippen molar-refractivity contribution in [3.05, 3.63) is 35.9 Å². The van der Waals surface area contributed by atoms with Crippen LogP contribution in [0.15, 0.2) is 30.4 Å². The van der Waals surface area contributed by atoms with Crippen LogP contribution in [0.3, 0.4) is 0 Å². The standard InChI is InChI=1S/C24H29N3O7/c1-23(2,3)33-18(29)12-13-19-14(25-22(32)34-24(4,5)6)8-7-9-15(19)27(21(13)31)16-10-11-17(28)26-20(16)30/h7-11,13,16H,12H2,1-6H3,(H,25,32)(H,26,28,30). The molecule has 2 aliphatic rings. The number of carbonyl (C=O) groups excluding carboxylic acids is 5. The Hall–Kier alpha value is -3.69. The minimum Gasteiger partial charge on any atom is -0.460 e. The summed E-state index contributed by atoms with van der Waals surface area (Å²) in [5.74, 6) is -3.41. The van der Waals surface area contributed by atoms with Crippen molar-refractivity contribution in [1.29, 1.82) is 0 Å². The topological polar surface area (TPSA) is 131 Å². The Labute approximate surface area is 197 Å². The number of nitrogens with zero attached hydrogens (tertiary/aromatic N) is 1. The molecule has 0 saturated heterocycles. The molecular weight excluding hydrogens is 442 g/mol. The molecule has 10 heteroatoms. The van der Waals surface area contributed by atoms with Crippen molar-refractivity contribution in [3.63, 3.8) is 0 Å². The number of anilines is 2. The van der Waals surface area contributed by atoms with E-state index in [9.17, 15) is 24.0 Å². The van der Waals surface area contributed by atoms with Gasteiger partial charge in [-0.3, -0.25) is 34.7 Å². The smallest absolute Gasteiger partial charge is 0.412 e. The zero-order valence-electron chi connectivity index (χ0n) is 20.1. The van der Waals surface area contributed by atoms with Crippen LogP contribution < -0.4 is 15.5 Å². The Morgan fingerprint density at radius 1 is 1.03 bits per heavy atom. The Balaban J connectivity index is 2.03. The van der Waals surface area contributed by atoms with Crippen molar-refractivity contribution in [1.82, 2.24) is 5.32 Å². The zero-order chi connectivity index (χ0) is 25.4. The van der Waals surface area contributed by atoms with E-state index in [1.54, 1.807) is 59.7 Å². The molecule has 4 amide bonds. The number of fused-ring (bicyclic) bond motifs is 1. The summed E-state index contributed by atoms with van der Waals surface area (Å²) in [6, 6.07) is 3.71. The van der Waals surface area contributed by atoms with Gasteiger partial charge in [0.25, 0.3) is 5.91 Å². The van der Waals surface area contributed by atoms with Gasteiger partial charge in [-0.15, -0.1) is 0 Å². The normalized spacial score (nSPS) is 20.1. The van der Waals surface area contributed by atoms with E-state index in [-0.39, 0.29) is 12.1 Å². The Morgan fingerprint density at radius 2 is 1.68 bits per heavy atom. The molecule has 0 radical (unpaired) electrons. The number of esters is 1. The molecule has 0 aromatic heterocycles. The van der Waals surface area contributed by atoms with Gasteiger partial charge in [0.05, 0.1) is 23.7 Å². The third-order valence-corrected chi connectivity index (χ3v) is 4.88. The van der Waals surface area contributed by atoms with Crippen molar-refractivity contribution in [2.75, 3.05) is 10.2 Å². The summed E-state index contributed by atoms with van der Waals surface area (Å²) in [6.45, 7) is 10.3. The third kappa shape index (κ3) is 5.62. The molecular formula is C24H29N3O7. The van der Waals surface area contributed by atoms with Gasteiger partial charge in [0.2, 0.25) is 11.8 Å². The molecule has 2 N–H and O–H groups in total. The first-order valence-electron chi connectivity index (χ1n) is 10.9. The minimum absolute atomic E-state index is 0.271. The highest BCUT2D eigenvalue weighted by atomic mass is 16.6. The molecule has 0 spiro atoms. The number of ether oxygens (including phenoxy) is 2. The van der Waals surface area contributed by atoms with E-state index in [0.29, 0.717) is 11.3 Å². The van der Waals surface area contributed by atoms with E-state index in [4.69, 9.17) is 9.47 Å². The second-order valence-electron chi connectivity index (χ2n) is 10.1. The summed E-state index contributed by atoms with van der Waals surface area (Å²) in [5, 5.41) is 4.82. The van der Waals surface area contributed by atoms with E-state index >= 15 is 0 Å². The lowest BCUT2D eigenvalue weighted by molar-refractivity contribution is -0.156. The minimum atomic E-state index is -1.09. The summed E-state index contributed by atoms with van der Waals surface area (Å²) in [6.07, 6.45) is 1.46. The van der Waals surface area contributed by atoms with Gasteiger partial charge in [-0.1, -0.05) is 6.07 Å². The highest BCUT2D eigenvalue weighted by Gasteiger charge is 2.46. The van der Waals surface area contributed by atoms with Gasteiger partial charge >= 0.3 is 12.1 Å². The van der Waals surface area contributed by atoms with Crippen LogP contribution in [0.4, 0.5) is 16.2 Å². The summed E-state index contributed by atoms with van der Waals surface area (Å²) in [7, 11) is 0. The zero-order valence-corrected chi connectivity index (χ0v) is 20.1. The summed E-state index contributed by atoms with van der Waals surface area (Å²) >= 11 is 0. The Bertz CT molecular complexity index is 1080. The molecule has 34 heavy (non-hydrogen) atoms. The molecule has 2 aliphatic heterocycles. The molecule has 2 heterocycles. The molecule has 0 bridgehead atoms. The average molecular weight is 472 g/mol. The Kier molecular flexibility index (Phi) is 6.55. The van der Waals surface area contributed by atoms with Crippen molar-refractivity contribution < 1.29 is 33.4 Å². The predicted molar refractivity (Wildman–Crippen MR) is 123 cm³/mol.